The van der Waals surface area contributed by atoms with Crippen molar-refractivity contribution in [1.29, 1.82) is 0 Å². The van der Waals surface area contributed by atoms with Crippen LogP contribution >= 0.6 is 23.7 Å². The number of thiophene rings is 1. The average molecular weight is 291 g/mol. The SMILES string of the molecule is Cc1ccc(CCCC(=O)NCCC(C)N)s1.Cl. The van der Waals surface area contributed by atoms with Gasteiger partial charge < -0.3 is 11.1 Å². The first-order valence-corrected chi connectivity index (χ1v) is 6.97. The maximum atomic E-state index is 11.5. The molecule has 1 amide bonds. The van der Waals surface area contributed by atoms with Gasteiger partial charge in [-0.25, -0.2) is 0 Å². The van der Waals surface area contributed by atoms with Gasteiger partial charge in [0.15, 0.2) is 0 Å². The number of nitrogens with two attached hydrogens (primary N) is 1. The highest BCUT2D eigenvalue weighted by Gasteiger charge is 2.03. The summed E-state index contributed by atoms with van der Waals surface area (Å²) in [5.41, 5.74) is 5.61. The van der Waals surface area contributed by atoms with E-state index in [0.717, 1.165) is 19.3 Å². The Balaban J connectivity index is 0.00000289. The standard InChI is InChI=1S/C13H22N2OS.ClH/c1-10(14)8-9-15-13(16)5-3-4-12-7-6-11(2)17-12;/h6-7,10H,3-5,8-9,14H2,1-2H3,(H,15,16);1H. The number of carbonyl (C=O) groups is 1. The van der Waals surface area contributed by atoms with Gasteiger partial charge in [0.05, 0.1) is 0 Å². The van der Waals surface area contributed by atoms with Crippen LogP contribution in [0.5, 0.6) is 0 Å². The zero-order valence-electron chi connectivity index (χ0n) is 11.1. The van der Waals surface area contributed by atoms with Crippen LogP contribution in [-0.2, 0) is 11.2 Å². The summed E-state index contributed by atoms with van der Waals surface area (Å²) in [4.78, 5) is 14.2. The highest BCUT2D eigenvalue weighted by molar-refractivity contribution is 7.11. The number of hydrogen-bond acceptors (Lipinski definition) is 3. The third kappa shape index (κ3) is 7.69. The third-order valence-corrected chi connectivity index (χ3v) is 3.61. The molecule has 0 saturated carbocycles. The number of nitrogens with one attached hydrogen (secondary N) is 1. The Morgan fingerprint density at radius 3 is 2.78 bits per heavy atom. The molecule has 104 valence electrons. The smallest absolute Gasteiger partial charge is 0.220 e. The highest BCUT2D eigenvalue weighted by Crippen LogP contribution is 2.17. The van der Waals surface area contributed by atoms with Gasteiger partial charge in [-0.2, -0.15) is 0 Å². The normalized spacial score (nSPS) is 11.7. The Morgan fingerprint density at radius 2 is 2.22 bits per heavy atom. The molecule has 18 heavy (non-hydrogen) atoms. The van der Waals surface area contributed by atoms with Crippen LogP contribution in [0.3, 0.4) is 0 Å². The maximum absolute atomic E-state index is 11.5. The van der Waals surface area contributed by atoms with E-state index in [1.165, 1.54) is 9.75 Å². The molecular formula is C13H23ClN2OS. The molecule has 0 spiro atoms. The fourth-order valence-electron chi connectivity index (χ4n) is 1.57. The van der Waals surface area contributed by atoms with Crippen molar-refractivity contribution in [2.45, 2.75) is 45.6 Å². The molecule has 1 aromatic heterocycles. The minimum Gasteiger partial charge on any atom is -0.356 e. The van der Waals surface area contributed by atoms with E-state index in [-0.39, 0.29) is 24.4 Å². The molecule has 1 rings (SSSR count). The topological polar surface area (TPSA) is 55.1 Å². The molecule has 0 radical (unpaired) electrons. The van der Waals surface area contributed by atoms with Crippen LogP contribution in [0.25, 0.3) is 0 Å². The molecule has 1 heterocycles. The largest absolute Gasteiger partial charge is 0.356 e. The average Bonchev–Trinajstić information content (AvgIpc) is 2.63. The van der Waals surface area contributed by atoms with Gasteiger partial charge in [0.1, 0.15) is 0 Å². The van der Waals surface area contributed by atoms with Gasteiger partial charge in [-0.3, -0.25) is 4.79 Å². The van der Waals surface area contributed by atoms with E-state index in [1.807, 2.05) is 18.3 Å². The highest BCUT2D eigenvalue weighted by atomic mass is 35.5. The molecule has 1 unspecified atom stereocenters. The van der Waals surface area contributed by atoms with Crippen molar-refractivity contribution < 1.29 is 4.79 Å². The Kier molecular flexibility index (Phi) is 9.06. The molecule has 3 N–H and O–H groups in total. The summed E-state index contributed by atoms with van der Waals surface area (Å²) < 4.78 is 0. The molecule has 5 heteroatoms. The quantitative estimate of drug-likeness (QED) is 0.811. The van der Waals surface area contributed by atoms with Gasteiger partial charge in [0.25, 0.3) is 0 Å². The van der Waals surface area contributed by atoms with Gasteiger partial charge in [-0.15, -0.1) is 23.7 Å². The molecule has 0 aromatic carbocycles. The van der Waals surface area contributed by atoms with Gasteiger partial charge in [0.2, 0.25) is 5.91 Å². The summed E-state index contributed by atoms with van der Waals surface area (Å²) in [7, 11) is 0. The van der Waals surface area contributed by atoms with Crippen molar-refractivity contribution >= 4 is 29.7 Å². The summed E-state index contributed by atoms with van der Waals surface area (Å²) >= 11 is 1.81. The van der Waals surface area contributed by atoms with E-state index < -0.39 is 0 Å². The Morgan fingerprint density at radius 1 is 1.50 bits per heavy atom. The number of carbonyl (C=O) groups excluding carboxylic acids is 1. The molecule has 0 bridgehead atoms. The fourth-order valence-corrected chi connectivity index (χ4v) is 2.50. The van der Waals surface area contributed by atoms with E-state index in [1.54, 1.807) is 0 Å². The zero-order valence-corrected chi connectivity index (χ0v) is 12.7. The van der Waals surface area contributed by atoms with Gasteiger partial charge >= 0.3 is 0 Å². The van der Waals surface area contributed by atoms with Crippen LogP contribution in [-0.4, -0.2) is 18.5 Å². The van der Waals surface area contributed by atoms with Crippen molar-refractivity contribution in [3.05, 3.63) is 21.9 Å². The summed E-state index contributed by atoms with van der Waals surface area (Å²) in [5, 5.41) is 2.89. The minimum absolute atomic E-state index is 0. The number of amides is 1. The van der Waals surface area contributed by atoms with Crippen molar-refractivity contribution in [3.63, 3.8) is 0 Å². The molecule has 0 aliphatic carbocycles. The van der Waals surface area contributed by atoms with Crippen LogP contribution in [0, 0.1) is 6.92 Å². The van der Waals surface area contributed by atoms with E-state index in [4.69, 9.17) is 5.73 Å². The summed E-state index contributed by atoms with van der Waals surface area (Å²) in [5.74, 6) is 0.138. The summed E-state index contributed by atoms with van der Waals surface area (Å²) in [6, 6.07) is 4.43. The van der Waals surface area contributed by atoms with E-state index >= 15 is 0 Å². The monoisotopic (exact) mass is 290 g/mol. The van der Waals surface area contributed by atoms with Crippen molar-refractivity contribution in [1.82, 2.24) is 5.32 Å². The van der Waals surface area contributed by atoms with Crippen molar-refractivity contribution in [3.8, 4) is 0 Å². The molecule has 1 aromatic rings. The molecule has 0 aliphatic rings. The predicted molar refractivity (Wildman–Crippen MR) is 80.5 cm³/mol. The molecule has 0 fully saturated rings. The third-order valence-electron chi connectivity index (χ3n) is 2.54. The molecule has 0 saturated heterocycles. The van der Waals surface area contributed by atoms with Crippen molar-refractivity contribution in [2.24, 2.45) is 5.73 Å². The second-order valence-electron chi connectivity index (χ2n) is 4.48. The first-order chi connectivity index (χ1) is 8.08. The lowest BCUT2D eigenvalue weighted by Crippen LogP contribution is -2.28. The van der Waals surface area contributed by atoms with Crippen LogP contribution in [0.1, 0.15) is 35.9 Å². The van der Waals surface area contributed by atoms with Crippen LogP contribution < -0.4 is 11.1 Å². The Bertz CT molecular complexity index is 353. The number of aryl methyl sites for hydroxylation is 2. The Hall–Kier alpha value is -0.580. The predicted octanol–water partition coefficient (Wildman–Crippen LogP) is 2.65. The maximum Gasteiger partial charge on any atom is 0.220 e. The number of rotatable bonds is 7. The second-order valence-corrected chi connectivity index (χ2v) is 5.85. The molecule has 3 nitrogen and oxygen atoms in total. The lowest BCUT2D eigenvalue weighted by molar-refractivity contribution is -0.121. The van der Waals surface area contributed by atoms with Crippen LogP contribution in [0.2, 0.25) is 0 Å². The summed E-state index contributed by atoms with van der Waals surface area (Å²) in [6.07, 6.45) is 3.37. The lowest BCUT2D eigenvalue weighted by Gasteiger charge is -2.06. The van der Waals surface area contributed by atoms with Gasteiger partial charge in [-0.1, -0.05) is 0 Å². The first-order valence-electron chi connectivity index (χ1n) is 6.15. The van der Waals surface area contributed by atoms with E-state index in [2.05, 4.69) is 24.4 Å². The Labute approximate surface area is 120 Å². The van der Waals surface area contributed by atoms with Crippen LogP contribution in [0.4, 0.5) is 0 Å². The molecular weight excluding hydrogens is 268 g/mol. The minimum atomic E-state index is 0. The van der Waals surface area contributed by atoms with E-state index in [9.17, 15) is 4.79 Å². The van der Waals surface area contributed by atoms with Gasteiger partial charge in [0, 0.05) is 28.8 Å². The second kappa shape index (κ2) is 9.36. The summed E-state index contributed by atoms with van der Waals surface area (Å²) in [6.45, 7) is 4.74. The molecule has 0 aliphatic heterocycles. The van der Waals surface area contributed by atoms with E-state index in [0.29, 0.717) is 13.0 Å². The number of halogens is 1. The fraction of sp³-hybridized carbons (Fsp3) is 0.615. The first kappa shape index (κ1) is 17.4. The van der Waals surface area contributed by atoms with Crippen molar-refractivity contribution in [2.75, 3.05) is 6.54 Å². The zero-order chi connectivity index (χ0) is 12.7. The molecule has 1 atom stereocenters. The lowest BCUT2D eigenvalue weighted by atomic mass is 10.2. The van der Waals surface area contributed by atoms with Gasteiger partial charge in [-0.05, 0) is 45.2 Å². The number of hydrogen-bond donors (Lipinski definition) is 2. The van der Waals surface area contributed by atoms with Crippen LogP contribution in [0.15, 0.2) is 12.1 Å².